The average Bonchev–Trinajstić information content (AvgIpc) is 3.49. The lowest BCUT2D eigenvalue weighted by molar-refractivity contribution is -0.274. The van der Waals surface area contributed by atoms with E-state index in [1.165, 1.54) is 35.6 Å². The summed E-state index contributed by atoms with van der Waals surface area (Å²) in [7, 11) is 0. The van der Waals surface area contributed by atoms with Crippen molar-refractivity contribution in [2.75, 3.05) is 6.61 Å². The zero-order valence-electron chi connectivity index (χ0n) is 19.9. The molecule has 0 aliphatic rings. The molecular formula is C27H20F3N3O4S. The molecule has 3 heterocycles. The maximum absolute atomic E-state index is 12.4. The number of rotatable bonds is 8. The topological polar surface area (TPSA) is 86.5 Å². The smallest absolute Gasteiger partial charge is 0.494 e. The largest absolute Gasteiger partial charge is 0.573 e. The fourth-order valence-electron chi connectivity index (χ4n) is 4.14. The highest BCUT2D eigenvalue weighted by atomic mass is 32.1. The van der Waals surface area contributed by atoms with Crippen LogP contribution in [0.2, 0.25) is 0 Å². The number of halogens is 3. The third kappa shape index (κ3) is 5.32. The van der Waals surface area contributed by atoms with Crippen LogP contribution in [0.4, 0.5) is 13.2 Å². The van der Waals surface area contributed by atoms with E-state index in [0.29, 0.717) is 45.2 Å². The summed E-state index contributed by atoms with van der Waals surface area (Å²) in [6.45, 7) is 2.59. The molecule has 0 atom stereocenters. The van der Waals surface area contributed by atoms with E-state index in [2.05, 4.69) is 14.7 Å². The van der Waals surface area contributed by atoms with Crippen molar-refractivity contribution in [2.45, 2.75) is 19.8 Å². The van der Waals surface area contributed by atoms with Gasteiger partial charge in [-0.25, -0.2) is 9.78 Å². The van der Waals surface area contributed by atoms with Crippen LogP contribution in [0.3, 0.4) is 0 Å². The van der Waals surface area contributed by atoms with Gasteiger partial charge in [-0.15, -0.1) is 24.5 Å². The van der Waals surface area contributed by atoms with Crippen molar-refractivity contribution in [3.63, 3.8) is 0 Å². The van der Waals surface area contributed by atoms with E-state index in [0.717, 1.165) is 5.56 Å². The van der Waals surface area contributed by atoms with Gasteiger partial charge < -0.3 is 19.1 Å². The molecule has 11 heteroatoms. The van der Waals surface area contributed by atoms with E-state index in [9.17, 15) is 23.1 Å². The van der Waals surface area contributed by atoms with Crippen LogP contribution < -0.4 is 9.47 Å². The third-order valence-corrected chi connectivity index (χ3v) is 6.61. The Kier molecular flexibility index (Phi) is 6.77. The van der Waals surface area contributed by atoms with E-state index < -0.39 is 12.3 Å². The molecule has 3 aromatic heterocycles. The van der Waals surface area contributed by atoms with E-state index in [1.807, 2.05) is 31.2 Å². The number of alkyl halides is 3. The zero-order chi connectivity index (χ0) is 26.9. The number of carboxylic acids is 1. The van der Waals surface area contributed by atoms with Crippen molar-refractivity contribution in [3.05, 3.63) is 83.6 Å². The van der Waals surface area contributed by atoms with Gasteiger partial charge in [-0.1, -0.05) is 12.1 Å². The lowest BCUT2D eigenvalue weighted by atomic mass is 10.1. The molecule has 1 N–H and O–H groups in total. The van der Waals surface area contributed by atoms with E-state index in [1.54, 1.807) is 28.3 Å². The molecule has 5 rings (SSSR count). The highest BCUT2D eigenvalue weighted by Gasteiger charge is 2.31. The fourth-order valence-corrected chi connectivity index (χ4v) is 4.95. The minimum absolute atomic E-state index is 0.0819. The molecule has 194 valence electrons. The number of carbonyl (C=O) groups is 1. The van der Waals surface area contributed by atoms with Gasteiger partial charge in [0.1, 0.15) is 22.2 Å². The Morgan fingerprint density at radius 3 is 2.55 bits per heavy atom. The van der Waals surface area contributed by atoms with Crippen molar-refractivity contribution in [3.8, 4) is 33.3 Å². The number of aromatic nitrogens is 3. The second-order valence-corrected chi connectivity index (χ2v) is 9.05. The van der Waals surface area contributed by atoms with Gasteiger partial charge in [0.05, 0.1) is 30.1 Å². The molecule has 0 saturated carbocycles. The van der Waals surface area contributed by atoms with E-state index in [-0.39, 0.29) is 18.0 Å². The second-order valence-electron chi connectivity index (χ2n) is 8.19. The van der Waals surface area contributed by atoms with Gasteiger partial charge in [0.25, 0.3) is 0 Å². The fraction of sp³-hybridized carbons (Fsp3) is 0.148. The first-order valence-electron chi connectivity index (χ1n) is 11.5. The quantitative estimate of drug-likeness (QED) is 0.232. The zero-order valence-corrected chi connectivity index (χ0v) is 20.7. The van der Waals surface area contributed by atoms with E-state index in [4.69, 9.17) is 4.74 Å². The molecule has 0 saturated heterocycles. The number of benzene rings is 2. The van der Waals surface area contributed by atoms with Gasteiger partial charge in [0.2, 0.25) is 0 Å². The van der Waals surface area contributed by atoms with E-state index >= 15 is 0 Å². The normalized spacial score (nSPS) is 11.6. The number of hydrogen-bond donors (Lipinski definition) is 1. The summed E-state index contributed by atoms with van der Waals surface area (Å²) in [6.07, 6.45) is -3.14. The number of aromatic carboxylic acids is 1. The summed E-state index contributed by atoms with van der Waals surface area (Å²) in [5.74, 6) is -0.722. The van der Waals surface area contributed by atoms with Gasteiger partial charge in [0, 0.05) is 28.1 Å². The van der Waals surface area contributed by atoms with Crippen LogP contribution in [0.15, 0.2) is 72.2 Å². The van der Waals surface area contributed by atoms with Crippen LogP contribution in [-0.2, 0) is 6.54 Å². The Labute approximate surface area is 218 Å². The molecule has 0 amide bonds. The molecule has 2 aromatic carbocycles. The SMILES string of the molecule is CCOc1cccc(-c2nccc3c2cc(C(=O)O)n3Cc2csc(-c3ccc(OC(F)(F)F)cc3)n2)c1. The van der Waals surface area contributed by atoms with Crippen LogP contribution in [0.25, 0.3) is 32.7 Å². The first kappa shape index (κ1) is 25.3. The minimum Gasteiger partial charge on any atom is -0.494 e. The van der Waals surface area contributed by atoms with Crippen molar-refractivity contribution in [1.82, 2.24) is 14.5 Å². The Morgan fingerprint density at radius 2 is 1.84 bits per heavy atom. The van der Waals surface area contributed by atoms with Crippen LogP contribution >= 0.6 is 11.3 Å². The molecule has 0 radical (unpaired) electrons. The van der Waals surface area contributed by atoms with Gasteiger partial charge in [-0.3, -0.25) is 4.98 Å². The van der Waals surface area contributed by atoms with Crippen molar-refractivity contribution < 1.29 is 32.5 Å². The first-order valence-corrected chi connectivity index (χ1v) is 12.3. The van der Waals surface area contributed by atoms with Crippen molar-refractivity contribution in [1.29, 1.82) is 0 Å². The number of nitrogens with zero attached hydrogens (tertiary/aromatic N) is 3. The summed E-state index contributed by atoms with van der Waals surface area (Å²) in [6, 6.07) is 16.2. The summed E-state index contributed by atoms with van der Waals surface area (Å²) < 4.78 is 48.5. The van der Waals surface area contributed by atoms with Crippen LogP contribution in [-0.4, -0.2) is 38.6 Å². The highest BCUT2D eigenvalue weighted by molar-refractivity contribution is 7.13. The summed E-state index contributed by atoms with van der Waals surface area (Å²) in [5, 5.41) is 13.0. The molecule has 38 heavy (non-hydrogen) atoms. The van der Waals surface area contributed by atoms with Crippen LogP contribution in [0.1, 0.15) is 23.1 Å². The maximum Gasteiger partial charge on any atom is 0.573 e. The first-order chi connectivity index (χ1) is 18.2. The summed E-state index contributed by atoms with van der Waals surface area (Å²) >= 11 is 1.31. The minimum atomic E-state index is -4.77. The van der Waals surface area contributed by atoms with Gasteiger partial charge in [0.15, 0.2) is 0 Å². The number of hydrogen-bond acceptors (Lipinski definition) is 6. The molecular weight excluding hydrogens is 519 g/mol. The maximum atomic E-state index is 12.4. The molecule has 0 bridgehead atoms. The lowest BCUT2D eigenvalue weighted by Gasteiger charge is -2.09. The van der Waals surface area contributed by atoms with Crippen LogP contribution in [0.5, 0.6) is 11.5 Å². The van der Waals surface area contributed by atoms with Gasteiger partial charge in [-0.2, -0.15) is 0 Å². The number of fused-ring (bicyclic) bond motifs is 1. The Morgan fingerprint density at radius 1 is 1.05 bits per heavy atom. The Bertz CT molecular complexity index is 1610. The molecule has 0 aliphatic heterocycles. The standard InChI is InChI=1S/C27H20F3N3O4S/c1-2-36-20-5-3-4-17(12-20)24-21-13-23(26(34)35)33(22(21)10-11-31-24)14-18-15-38-25(32-18)16-6-8-19(9-7-16)37-27(28,29)30/h3-13,15H,2,14H2,1H3,(H,34,35). The number of ether oxygens (including phenoxy) is 2. The van der Waals surface area contributed by atoms with Crippen molar-refractivity contribution >= 4 is 28.2 Å². The highest BCUT2D eigenvalue weighted by Crippen LogP contribution is 2.33. The third-order valence-electron chi connectivity index (χ3n) is 5.67. The number of pyridine rings is 1. The molecule has 7 nitrogen and oxygen atoms in total. The molecule has 0 fully saturated rings. The Hall–Kier alpha value is -4.38. The van der Waals surface area contributed by atoms with Crippen molar-refractivity contribution in [2.24, 2.45) is 0 Å². The summed E-state index contributed by atoms with van der Waals surface area (Å²) in [5.41, 5.74) is 3.41. The number of thiazole rings is 1. The van der Waals surface area contributed by atoms with Gasteiger partial charge in [-0.05, 0) is 55.5 Å². The average molecular weight is 540 g/mol. The molecule has 0 spiro atoms. The monoisotopic (exact) mass is 539 g/mol. The number of carboxylic acid groups (broad SMARTS) is 1. The molecule has 5 aromatic rings. The predicted octanol–water partition coefficient (Wildman–Crippen LogP) is 6.87. The Balaban J connectivity index is 1.48. The second kappa shape index (κ2) is 10.2. The summed E-state index contributed by atoms with van der Waals surface area (Å²) in [4.78, 5) is 21.3. The van der Waals surface area contributed by atoms with Crippen LogP contribution in [0, 0.1) is 0 Å². The molecule has 0 aliphatic carbocycles. The van der Waals surface area contributed by atoms with Gasteiger partial charge >= 0.3 is 12.3 Å². The predicted molar refractivity (Wildman–Crippen MR) is 137 cm³/mol. The molecule has 0 unspecified atom stereocenters. The lowest BCUT2D eigenvalue weighted by Crippen LogP contribution is -2.16.